The molecule has 3 heteroatoms. The largest absolute Gasteiger partial charge is 0.494 e. The molecular weight excluding hydrogens is 310 g/mol. The summed E-state index contributed by atoms with van der Waals surface area (Å²) in [6, 6.07) is 21.6. The molecule has 1 amide bonds. The SMILES string of the molecule is CCCOc1ccc(/C=C/C(=O)Nc2cccc3ccccc23)cc1. The monoisotopic (exact) mass is 331 g/mol. The first-order valence-electron chi connectivity index (χ1n) is 8.46. The maximum Gasteiger partial charge on any atom is 0.248 e. The van der Waals surface area contributed by atoms with Gasteiger partial charge in [0.2, 0.25) is 5.91 Å². The Hall–Kier alpha value is -3.07. The highest BCUT2D eigenvalue weighted by atomic mass is 16.5. The lowest BCUT2D eigenvalue weighted by Crippen LogP contribution is -2.07. The molecule has 0 radical (unpaired) electrons. The van der Waals surface area contributed by atoms with Gasteiger partial charge in [-0.3, -0.25) is 4.79 Å². The van der Waals surface area contributed by atoms with E-state index in [1.807, 2.05) is 66.7 Å². The van der Waals surface area contributed by atoms with E-state index in [-0.39, 0.29) is 5.91 Å². The maximum atomic E-state index is 12.2. The molecule has 0 atom stereocenters. The van der Waals surface area contributed by atoms with E-state index in [2.05, 4.69) is 12.2 Å². The Labute approximate surface area is 147 Å². The molecule has 25 heavy (non-hydrogen) atoms. The number of fused-ring (bicyclic) bond motifs is 1. The van der Waals surface area contributed by atoms with Crippen LogP contribution in [0.4, 0.5) is 5.69 Å². The second-order valence-electron chi connectivity index (χ2n) is 5.77. The number of rotatable bonds is 6. The summed E-state index contributed by atoms with van der Waals surface area (Å²) < 4.78 is 5.55. The van der Waals surface area contributed by atoms with Gasteiger partial charge in [0.15, 0.2) is 0 Å². The zero-order chi connectivity index (χ0) is 17.5. The molecule has 3 rings (SSSR count). The number of benzene rings is 3. The third-order valence-corrected chi connectivity index (χ3v) is 3.83. The fraction of sp³-hybridized carbons (Fsp3) is 0.136. The van der Waals surface area contributed by atoms with Crippen molar-refractivity contribution in [2.24, 2.45) is 0 Å². The molecule has 0 aliphatic rings. The topological polar surface area (TPSA) is 38.3 Å². The summed E-state index contributed by atoms with van der Waals surface area (Å²) in [6.07, 6.45) is 4.32. The van der Waals surface area contributed by atoms with Crippen molar-refractivity contribution in [3.05, 3.63) is 78.4 Å². The molecule has 0 saturated heterocycles. The molecular formula is C22H21NO2. The van der Waals surface area contributed by atoms with Crippen molar-refractivity contribution in [3.8, 4) is 5.75 Å². The van der Waals surface area contributed by atoms with Gasteiger partial charge in [0.25, 0.3) is 0 Å². The molecule has 126 valence electrons. The van der Waals surface area contributed by atoms with Crippen LogP contribution in [-0.4, -0.2) is 12.5 Å². The van der Waals surface area contributed by atoms with Gasteiger partial charge in [-0.15, -0.1) is 0 Å². The molecule has 0 aromatic heterocycles. The predicted octanol–water partition coefficient (Wildman–Crippen LogP) is 5.28. The third-order valence-electron chi connectivity index (χ3n) is 3.83. The molecule has 0 aliphatic carbocycles. The lowest BCUT2D eigenvalue weighted by Gasteiger charge is -2.07. The number of anilines is 1. The van der Waals surface area contributed by atoms with Crippen LogP contribution < -0.4 is 10.1 Å². The van der Waals surface area contributed by atoms with Crippen molar-refractivity contribution in [3.63, 3.8) is 0 Å². The first-order valence-corrected chi connectivity index (χ1v) is 8.46. The first kappa shape index (κ1) is 16.8. The summed E-state index contributed by atoms with van der Waals surface area (Å²) in [4.78, 5) is 12.2. The number of hydrogen-bond donors (Lipinski definition) is 1. The maximum absolute atomic E-state index is 12.2. The second-order valence-corrected chi connectivity index (χ2v) is 5.77. The van der Waals surface area contributed by atoms with Gasteiger partial charge in [0.1, 0.15) is 5.75 Å². The zero-order valence-electron chi connectivity index (χ0n) is 14.2. The van der Waals surface area contributed by atoms with Crippen molar-refractivity contribution in [1.82, 2.24) is 0 Å². The number of carbonyl (C=O) groups excluding carboxylic acids is 1. The van der Waals surface area contributed by atoms with Gasteiger partial charge in [-0.2, -0.15) is 0 Å². The normalized spacial score (nSPS) is 10.9. The van der Waals surface area contributed by atoms with E-state index in [0.717, 1.165) is 34.2 Å². The van der Waals surface area contributed by atoms with Crippen molar-refractivity contribution >= 4 is 28.4 Å². The van der Waals surface area contributed by atoms with Crippen LogP contribution in [0.1, 0.15) is 18.9 Å². The van der Waals surface area contributed by atoms with Gasteiger partial charge in [0, 0.05) is 17.1 Å². The van der Waals surface area contributed by atoms with Crippen LogP contribution in [0.5, 0.6) is 5.75 Å². The number of amides is 1. The van der Waals surface area contributed by atoms with Gasteiger partial charge in [-0.1, -0.05) is 55.5 Å². The number of ether oxygens (including phenoxy) is 1. The van der Waals surface area contributed by atoms with Gasteiger partial charge < -0.3 is 10.1 Å². The molecule has 3 nitrogen and oxygen atoms in total. The molecule has 0 saturated carbocycles. The molecule has 3 aromatic rings. The predicted molar refractivity (Wildman–Crippen MR) is 104 cm³/mol. The van der Waals surface area contributed by atoms with Crippen LogP contribution in [0.3, 0.4) is 0 Å². The van der Waals surface area contributed by atoms with Crippen LogP contribution in [0, 0.1) is 0 Å². The van der Waals surface area contributed by atoms with E-state index >= 15 is 0 Å². The van der Waals surface area contributed by atoms with E-state index in [0.29, 0.717) is 6.61 Å². The second kappa shape index (κ2) is 8.15. The molecule has 0 unspecified atom stereocenters. The van der Waals surface area contributed by atoms with E-state index in [4.69, 9.17) is 4.74 Å². The Balaban J connectivity index is 1.66. The fourth-order valence-corrected chi connectivity index (χ4v) is 2.58. The van der Waals surface area contributed by atoms with Crippen molar-refractivity contribution in [1.29, 1.82) is 0 Å². The molecule has 0 heterocycles. The third kappa shape index (κ3) is 4.48. The lowest BCUT2D eigenvalue weighted by atomic mass is 10.1. The van der Waals surface area contributed by atoms with E-state index in [1.54, 1.807) is 12.2 Å². The van der Waals surface area contributed by atoms with Gasteiger partial charge >= 0.3 is 0 Å². The van der Waals surface area contributed by atoms with Crippen LogP contribution in [0.25, 0.3) is 16.8 Å². The average molecular weight is 331 g/mol. The Bertz CT molecular complexity index is 877. The summed E-state index contributed by atoms with van der Waals surface area (Å²) in [5.41, 5.74) is 1.77. The van der Waals surface area contributed by atoms with Crippen molar-refractivity contribution < 1.29 is 9.53 Å². The molecule has 0 bridgehead atoms. The zero-order valence-corrected chi connectivity index (χ0v) is 14.2. The van der Waals surface area contributed by atoms with Crippen molar-refractivity contribution in [2.45, 2.75) is 13.3 Å². The van der Waals surface area contributed by atoms with E-state index in [9.17, 15) is 4.79 Å². The summed E-state index contributed by atoms with van der Waals surface area (Å²) in [6.45, 7) is 2.79. The molecule has 0 fully saturated rings. The molecule has 3 aromatic carbocycles. The summed E-state index contributed by atoms with van der Waals surface area (Å²) in [5.74, 6) is 0.696. The Kier molecular flexibility index (Phi) is 5.47. The lowest BCUT2D eigenvalue weighted by molar-refractivity contribution is -0.111. The van der Waals surface area contributed by atoms with E-state index in [1.165, 1.54) is 0 Å². The average Bonchev–Trinajstić information content (AvgIpc) is 2.66. The molecule has 0 aliphatic heterocycles. The van der Waals surface area contributed by atoms with Crippen LogP contribution >= 0.6 is 0 Å². The minimum atomic E-state index is -0.150. The highest BCUT2D eigenvalue weighted by Crippen LogP contribution is 2.23. The first-order chi connectivity index (χ1) is 12.3. The standard InChI is InChI=1S/C22H21NO2/c1-2-16-25-19-13-10-17(11-14-19)12-15-22(24)23-21-9-5-7-18-6-3-4-8-20(18)21/h3-15H,2,16H2,1H3,(H,23,24)/b15-12+. The quantitative estimate of drug-likeness (QED) is 0.624. The highest BCUT2D eigenvalue weighted by molar-refractivity contribution is 6.07. The van der Waals surface area contributed by atoms with Crippen LogP contribution in [-0.2, 0) is 4.79 Å². The molecule has 0 spiro atoms. The summed E-state index contributed by atoms with van der Waals surface area (Å²) >= 11 is 0. The number of nitrogens with one attached hydrogen (secondary N) is 1. The van der Waals surface area contributed by atoms with Gasteiger partial charge in [-0.05, 0) is 41.6 Å². The Morgan fingerprint density at radius 1 is 1.00 bits per heavy atom. The minimum Gasteiger partial charge on any atom is -0.494 e. The fourth-order valence-electron chi connectivity index (χ4n) is 2.58. The van der Waals surface area contributed by atoms with Crippen LogP contribution in [0.2, 0.25) is 0 Å². The minimum absolute atomic E-state index is 0.150. The Morgan fingerprint density at radius 3 is 2.56 bits per heavy atom. The number of carbonyl (C=O) groups is 1. The number of hydrogen-bond acceptors (Lipinski definition) is 2. The summed E-state index contributed by atoms with van der Waals surface area (Å²) in [7, 11) is 0. The smallest absolute Gasteiger partial charge is 0.248 e. The van der Waals surface area contributed by atoms with Gasteiger partial charge in [0.05, 0.1) is 6.61 Å². The van der Waals surface area contributed by atoms with E-state index < -0.39 is 0 Å². The van der Waals surface area contributed by atoms with Gasteiger partial charge in [-0.25, -0.2) is 0 Å². The van der Waals surface area contributed by atoms with Crippen LogP contribution in [0.15, 0.2) is 72.8 Å². The summed E-state index contributed by atoms with van der Waals surface area (Å²) in [5, 5.41) is 5.08. The Morgan fingerprint density at radius 2 is 1.76 bits per heavy atom. The van der Waals surface area contributed by atoms with Crippen molar-refractivity contribution in [2.75, 3.05) is 11.9 Å². The highest BCUT2D eigenvalue weighted by Gasteiger charge is 2.02. The molecule has 1 N–H and O–H groups in total.